The molecule has 0 amide bonds. The predicted octanol–water partition coefficient (Wildman–Crippen LogP) is 3.73. The molecule has 2 saturated heterocycles. The maximum Gasteiger partial charge on any atom is 0.0407 e. The van der Waals surface area contributed by atoms with Gasteiger partial charge in [0.05, 0.1) is 0 Å². The van der Waals surface area contributed by atoms with Gasteiger partial charge in [-0.25, -0.2) is 0 Å². The van der Waals surface area contributed by atoms with E-state index in [0.29, 0.717) is 0 Å². The van der Waals surface area contributed by atoms with Crippen molar-refractivity contribution in [1.29, 1.82) is 0 Å². The second kappa shape index (κ2) is 8.91. The Morgan fingerprint density at radius 3 is 2.00 bits per heavy atom. The Bertz CT molecular complexity index is 456. The van der Waals surface area contributed by atoms with E-state index in [1.807, 2.05) is 12.1 Å². The highest BCUT2D eigenvalue weighted by Crippen LogP contribution is 2.19. The molecule has 4 heteroatoms. The molecule has 3 nitrogen and oxygen atoms in total. The summed E-state index contributed by atoms with van der Waals surface area (Å²) in [6.45, 7) is 9.96. The third-order valence-electron chi connectivity index (χ3n) is 5.18. The van der Waals surface area contributed by atoms with Crippen LogP contribution >= 0.6 is 11.6 Å². The van der Waals surface area contributed by atoms with E-state index in [1.165, 1.54) is 77.1 Å². The molecule has 3 rings (SSSR count). The van der Waals surface area contributed by atoms with E-state index < -0.39 is 0 Å². The highest BCUT2D eigenvalue weighted by molar-refractivity contribution is 6.30. The summed E-state index contributed by atoms with van der Waals surface area (Å²) in [5.74, 6) is 0. The van der Waals surface area contributed by atoms with Crippen LogP contribution in [0.4, 0.5) is 5.69 Å². The van der Waals surface area contributed by atoms with Gasteiger partial charge in [0.2, 0.25) is 0 Å². The van der Waals surface area contributed by atoms with Crippen LogP contribution in [-0.2, 0) is 0 Å². The molecule has 0 aliphatic carbocycles. The number of rotatable bonds is 6. The number of benzene rings is 1. The van der Waals surface area contributed by atoms with Gasteiger partial charge in [0, 0.05) is 30.3 Å². The average Bonchev–Trinajstić information content (AvgIpc) is 2.97. The van der Waals surface area contributed by atoms with Gasteiger partial charge in [-0.1, -0.05) is 11.6 Å². The molecule has 2 aliphatic heterocycles. The molecule has 0 radical (unpaired) electrons. The molecule has 0 unspecified atom stereocenters. The highest BCUT2D eigenvalue weighted by Gasteiger charge is 2.15. The van der Waals surface area contributed by atoms with Crippen LogP contribution in [0, 0.1) is 0 Å². The van der Waals surface area contributed by atoms with Gasteiger partial charge in [-0.15, -0.1) is 0 Å². The van der Waals surface area contributed by atoms with Gasteiger partial charge >= 0.3 is 0 Å². The molecule has 2 aliphatic rings. The molecule has 0 saturated carbocycles. The Morgan fingerprint density at radius 2 is 1.30 bits per heavy atom. The zero-order valence-electron chi connectivity index (χ0n) is 14.2. The minimum atomic E-state index is 0.822. The largest absolute Gasteiger partial charge is 0.370 e. The summed E-state index contributed by atoms with van der Waals surface area (Å²) < 4.78 is 0. The van der Waals surface area contributed by atoms with Gasteiger partial charge in [-0.2, -0.15) is 0 Å². The zero-order valence-corrected chi connectivity index (χ0v) is 15.0. The first-order valence-electron chi connectivity index (χ1n) is 9.26. The fourth-order valence-corrected chi connectivity index (χ4v) is 3.91. The molecule has 23 heavy (non-hydrogen) atoms. The normalized spacial score (nSPS) is 20.8. The number of likely N-dealkylation sites (tertiary alicyclic amines) is 1. The van der Waals surface area contributed by atoms with E-state index in [2.05, 4.69) is 26.8 Å². The van der Waals surface area contributed by atoms with E-state index in [1.54, 1.807) is 0 Å². The second-order valence-electron chi connectivity index (χ2n) is 6.91. The SMILES string of the molecule is Clc1ccc(N2CCCN(CCCCN3CCCC3)CC2)cc1. The Balaban J connectivity index is 1.37. The monoisotopic (exact) mass is 335 g/mol. The zero-order chi connectivity index (χ0) is 15.9. The lowest BCUT2D eigenvalue weighted by molar-refractivity contribution is 0.270. The van der Waals surface area contributed by atoms with Crippen molar-refractivity contribution in [2.24, 2.45) is 0 Å². The number of unbranched alkanes of at least 4 members (excludes halogenated alkanes) is 1. The number of halogens is 1. The lowest BCUT2D eigenvalue weighted by Crippen LogP contribution is -2.31. The molecule has 2 heterocycles. The second-order valence-corrected chi connectivity index (χ2v) is 7.35. The van der Waals surface area contributed by atoms with Gasteiger partial charge < -0.3 is 14.7 Å². The fourth-order valence-electron chi connectivity index (χ4n) is 3.78. The molecular formula is C19H30ClN3. The summed E-state index contributed by atoms with van der Waals surface area (Å²) in [6, 6.07) is 8.29. The van der Waals surface area contributed by atoms with Gasteiger partial charge in [0.1, 0.15) is 0 Å². The molecule has 0 atom stereocenters. The van der Waals surface area contributed by atoms with Crippen LogP contribution in [0.25, 0.3) is 0 Å². The lowest BCUT2D eigenvalue weighted by Gasteiger charge is -2.24. The molecular weight excluding hydrogens is 306 g/mol. The smallest absolute Gasteiger partial charge is 0.0407 e. The van der Waals surface area contributed by atoms with Crippen molar-refractivity contribution in [3.05, 3.63) is 29.3 Å². The third kappa shape index (κ3) is 5.37. The minimum Gasteiger partial charge on any atom is -0.370 e. The van der Waals surface area contributed by atoms with Crippen molar-refractivity contribution >= 4 is 17.3 Å². The summed E-state index contributed by atoms with van der Waals surface area (Å²) in [5.41, 5.74) is 1.31. The Morgan fingerprint density at radius 1 is 0.696 bits per heavy atom. The molecule has 0 bridgehead atoms. The summed E-state index contributed by atoms with van der Waals surface area (Å²) in [4.78, 5) is 7.78. The van der Waals surface area contributed by atoms with E-state index >= 15 is 0 Å². The first kappa shape index (κ1) is 17.1. The summed E-state index contributed by atoms with van der Waals surface area (Å²) >= 11 is 5.99. The first-order chi connectivity index (χ1) is 11.3. The van der Waals surface area contributed by atoms with Crippen molar-refractivity contribution in [2.75, 3.05) is 57.3 Å². The van der Waals surface area contributed by atoms with Crippen LogP contribution in [0.5, 0.6) is 0 Å². The summed E-state index contributed by atoms with van der Waals surface area (Å²) in [5, 5.41) is 0.822. The van der Waals surface area contributed by atoms with Crippen LogP contribution in [0.1, 0.15) is 32.1 Å². The van der Waals surface area contributed by atoms with E-state index in [4.69, 9.17) is 11.6 Å². The molecule has 0 N–H and O–H groups in total. The van der Waals surface area contributed by atoms with Gasteiger partial charge in [-0.3, -0.25) is 0 Å². The molecule has 128 valence electrons. The topological polar surface area (TPSA) is 9.72 Å². The number of anilines is 1. The number of hydrogen-bond donors (Lipinski definition) is 0. The molecule has 0 aromatic heterocycles. The van der Waals surface area contributed by atoms with Gasteiger partial charge in [0.15, 0.2) is 0 Å². The van der Waals surface area contributed by atoms with Gasteiger partial charge in [0.25, 0.3) is 0 Å². The average molecular weight is 336 g/mol. The molecule has 1 aromatic rings. The Labute approximate surface area is 146 Å². The van der Waals surface area contributed by atoms with Crippen LogP contribution in [0.3, 0.4) is 0 Å². The van der Waals surface area contributed by atoms with Crippen LogP contribution in [0.15, 0.2) is 24.3 Å². The van der Waals surface area contributed by atoms with Crippen molar-refractivity contribution < 1.29 is 0 Å². The number of nitrogens with zero attached hydrogens (tertiary/aromatic N) is 3. The first-order valence-corrected chi connectivity index (χ1v) is 9.64. The number of hydrogen-bond acceptors (Lipinski definition) is 3. The van der Waals surface area contributed by atoms with Crippen molar-refractivity contribution in [3.63, 3.8) is 0 Å². The van der Waals surface area contributed by atoms with Gasteiger partial charge in [-0.05, 0) is 89.1 Å². The Hall–Kier alpha value is -0.770. The molecule has 0 spiro atoms. The van der Waals surface area contributed by atoms with Crippen LogP contribution < -0.4 is 4.90 Å². The maximum absolute atomic E-state index is 5.99. The van der Waals surface area contributed by atoms with Crippen LogP contribution in [0.2, 0.25) is 5.02 Å². The maximum atomic E-state index is 5.99. The minimum absolute atomic E-state index is 0.822. The summed E-state index contributed by atoms with van der Waals surface area (Å²) in [7, 11) is 0. The fraction of sp³-hybridized carbons (Fsp3) is 0.684. The standard InChI is InChI=1S/C19H30ClN3/c20-18-6-8-19(9-7-18)23-15-5-14-22(16-17-23)13-4-3-12-21-10-1-2-11-21/h6-9H,1-5,10-17H2. The van der Waals surface area contributed by atoms with Crippen molar-refractivity contribution in [2.45, 2.75) is 32.1 Å². The molecule has 2 fully saturated rings. The van der Waals surface area contributed by atoms with E-state index in [0.717, 1.165) is 18.1 Å². The quantitative estimate of drug-likeness (QED) is 0.733. The van der Waals surface area contributed by atoms with E-state index in [-0.39, 0.29) is 0 Å². The lowest BCUT2D eigenvalue weighted by atomic mass is 10.2. The summed E-state index contributed by atoms with van der Waals surface area (Å²) in [6.07, 6.45) is 6.78. The van der Waals surface area contributed by atoms with Crippen molar-refractivity contribution in [3.8, 4) is 0 Å². The predicted molar refractivity (Wildman–Crippen MR) is 99.6 cm³/mol. The van der Waals surface area contributed by atoms with Crippen LogP contribution in [-0.4, -0.2) is 62.2 Å². The van der Waals surface area contributed by atoms with E-state index in [9.17, 15) is 0 Å². The Kier molecular flexibility index (Phi) is 6.61. The third-order valence-corrected chi connectivity index (χ3v) is 5.43. The molecule has 1 aromatic carbocycles. The van der Waals surface area contributed by atoms with Crippen molar-refractivity contribution in [1.82, 2.24) is 9.80 Å². The highest BCUT2D eigenvalue weighted by atomic mass is 35.5.